The van der Waals surface area contributed by atoms with E-state index < -0.39 is 5.60 Å². The van der Waals surface area contributed by atoms with Crippen LogP contribution in [0.3, 0.4) is 0 Å². The van der Waals surface area contributed by atoms with Crippen molar-refractivity contribution in [2.45, 2.75) is 32.3 Å². The van der Waals surface area contributed by atoms with E-state index in [1.165, 1.54) is 5.56 Å². The molecule has 98 valence electrons. The highest BCUT2D eigenvalue weighted by Crippen LogP contribution is 2.34. The quantitative estimate of drug-likeness (QED) is 0.857. The fourth-order valence-electron chi connectivity index (χ4n) is 1.98. The summed E-state index contributed by atoms with van der Waals surface area (Å²) >= 11 is 3.48. The summed E-state index contributed by atoms with van der Waals surface area (Å²) in [7, 11) is 1.56. The Bertz CT molecular complexity index is 480. The second-order valence-electron chi connectivity index (χ2n) is 4.97. The number of ether oxygens (including phenoxy) is 2. The number of hydrogen-bond donors (Lipinski definition) is 0. The van der Waals surface area contributed by atoms with Gasteiger partial charge in [-0.1, -0.05) is 15.9 Å². The predicted molar refractivity (Wildman–Crippen MR) is 73.1 cm³/mol. The predicted octanol–water partition coefficient (Wildman–Crippen LogP) is 2.92. The van der Waals surface area contributed by atoms with Gasteiger partial charge in [0.2, 0.25) is 0 Å². The van der Waals surface area contributed by atoms with Crippen molar-refractivity contribution in [1.29, 1.82) is 0 Å². The van der Waals surface area contributed by atoms with Crippen LogP contribution in [-0.2, 0) is 22.4 Å². The lowest BCUT2D eigenvalue weighted by Gasteiger charge is -2.21. The average molecular weight is 313 g/mol. The maximum atomic E-state index is 12.2. The first-order valence-corrected chi connectivity index (χ1v) is 6.76. The molecule has 4 heteroatoms. The Balaban J connectivity index is 2.28. The topological polar surface area (TPSA) is 35.5 Å². The van der Waals surface area contributed by atoms with E-state index in [2.05, 4.69) is 22.0 Å². The molecule has 2 rings (SSSR count). The van der Waals surface area contributed by atoms with Crippen molar-refractivity contribution in [3.05, 3.63) is 27.7 Å². The molecule has 0 aliphatic carbocycles. The highest BCUT2D eigenvalue weighted by molar-refractivity contribution is 9.10. The maximum Gasteiger partial charge on any atom is 0.168 e. The van der Waals surface area contributed by atoms with Gasteiger partial charge in [0.1, 0.15) is 11.4 Å². The Morgan fingerprint density at radius 2 is 2.22 bits per heavy atom. The number of ketones is 1. The molecule has 1 aliphatic rings. The molecule has 0 saturated heterocycles. The second-order valence-corrected chi connectivity index (χ2v) is 5.88. The van der Waals surface area contributed by atoms with E-state index in [1.54, 1.807) is 21.0 Å². The van der Waals surface area contributed by atoms with Crippen molar-refractivity contribution >= 4 is 21.7 Å². The zero-order chi connectivity index (χ0) is 13.3. The smallest absolute Gasteiger partial charge is 0.168 e. The number of benzene rings is 1. The Hall–Kier alpha value is -0.870. The van der Waals surface area contributed by atoms with Gasteiger partial charge >= 0.3 is 0 Å². The van der Waals surface area contributed by atoms with Gasteiger partial charge in [-0.05, 0) is 31.5 Å². The zero-order valence-electron chi connectivity index (χ0n) is 10.9. The van der Waals surface area contributed by atoms with Crippen LogP contribution in [0.1, 0.15) is 25.0 Å². The number of hydrogen-bond acceptors (Lipinski definition) is 3. The highest BCUT2D eigenvalue weighted by atomic mass is 79.9. The third-order valence-corrected chi connectivity index (χ3v) is 3.82. The van der Waals surface area contributed by atoms with Crippen molar-refractivity contribution < 1.29 is 14.3 Å². The molecule has 3 nitrogen and oxygen atoms in total. The first kappa shape index (κ1) is 13.6. The molecule has 18 heavy (non-hydrogen) atoms. The fourth-order valence-corrected chi connectivity index (χ4v) is 2.53. The summed E-state index contributed by atoms with van der Waals surface area (Å²) in [4.78, 5) is 12.2. The van der Waals surface area contributed by atoms with Crippen LogP contribution >= 0.6 is 15.9 Å². The third kappa shape index (κ3) is 2.59. The first-order valence-electron chi connectivity index (χ1n) is 5.96. The molecule has 1 heterocycles. The Labute approximate surface area is 116 Å². The summed E-state index contributed by atoms with van der Waals surface area (Å²) in [5.74, 6) is 0.930. The lowest BCUT2D eigenvalue weighted by molar-refractivity contribution is -0.136. The van der Waals surface area contributed by atoms with Crippen LogP contribution in [0.2, 0.25) is 0 Å². The number of fused-ring (bicyclic) bond motifs is 1. The minimum Gasteiger partial charge on any atom is -0.493 e. The van der Waals surface area contributed by atoms with Crippen LogP contribution in [-0.4, -0.2) is 25.1 Å². The van der Waals surface area contributed by atoms with Crippen molar-refractivity contribution in [3.8, 4) is 5.75 Å². The van der Waals surface area contributed by atoms with Gasteiger partial charge < -0.3 is 9.47 Å². The number of Topliss-reactive ketones (excluding diaryl/α,β-unsaturated/α-hetero) is 1. The van der Waals surface area contributed by atoms with E-state index in [0.717, 1.165) is 22.2 Å². The van der Waals surface area contributed by atoms with Crippen LogP contribution in [0.15, 0.2) is 16.6 Å². The van der Waals surface area contributed by atoms with Gasteiger partial charge in [0, 0.05) is 30.0 Å². The van der Waals surface area contributed by atoms with E-state index in [4.69, 9.17) is 9.47 Å². The molecule has 0 bridgehead atoms. The summed E-state index contributed by atoms with van der Waals surface area (Å²) in [6, 6.07) is 4.01. The number of halogens is 1. The third-order valence-electron chi connectivity index (χ3n) is 3.36. The van der Waals surface area contributed by atoms with Gasteiger partial charge in [0.05, 0.1) is 6.61 Å². The lowest BCUT2D eigenvalue weighted by Crippen LogP contribution is -2.35. The molecule has 0 atom stereocenters. The highest BCUT2D eigenvalue weighted by Gasteiger charge is 2.29. The van der Waals surface area contributed by atoms with Crippen LogP contribution in [0.4, 0.5) is 0 Å². The first-order chi connectivity index (χ1) is 8.44. The van der Waals surface area contributed by atoms with Gasteiger partial charge in [-0.2, -0.15) is 0 Å². The van der Waals surface area contributed by atoms with Crippen molar-refractivity contribution in [3.63, 3.8) is 0 Å². The largest absolute Gasteiger partial charge is 0.493 e. The van der Waals surface area contributed by atoms with Crippen molar-refractivity contribution in [2.75, 3.05) is 13.7 Å². The summed E-state index contributed by atoms with van der Waals surface area (Å²) in [5.41, 5.74) is 1.35. The molecular formula is C14H17BrO3. The normalized spacial score (nSPS) is 14.2. The lowest BCUT2D eigenvalue weighted by atomic mass is 9.95. The van der Waals surface area contributed by atoms with Gasteiger partial charge in [-0.15, -0.1) is 0 Å². The monoisotopic (exact) mass is 312 g/mol. The molecule has 0 fully saturated rings. The van der Waals surface area contributed by atoms with E-state index >= 15 is 0 Å². The summed E-state index contributed by atoms with van der Waals surface area (Å²) in [5, 5.41) is 0. The van der Waals surface area contributed by atoms with E-state index in [1.807, 2.05) is 6.07 Å². The van der Waals surface area contributed by atoms with E-state index in [0.29, 0.717) is 13.0 Å². The Morgan fingerprint density at radius 1 is 1.50 bits per heavy atom. The van der Waals surface area contributed by atoms with Crippen molar-refractivity contribution in [2.24, 2.45) is 0 Å². The van der Waals surface area contributed by atoms with Crippen molar-refractivity contribution in [1.82, 2.24) is 0 Å². The molecule has 0 saturated carbocycles. The maximum absolute atomic E-state index is 12.2. The Kier molecular flexibility index (Phi) is 3.78. The SMILES string of the molecule is COC(C)(C)C(=O)Cc1cc(Br)cc2c1OCC2. The van der Waals surface area contributed by atoms with Gasteiger partial charge in [0.25, 0.3) is 0 Å². The van der Waals surface area contributed by atoms with E-state index in [9.17, 15) is 4.79 Å². The van der Waals surface area contributed by atoms with Crippen LogP contribution in [0.5, 0.6) is 5.75 Å². The standard InChI is InChI=1S/C14H17BrO3/c1-14(2,17-3)12(16)8-10-7-11(15)6-9-4-5-18-13(9)10/h6-7H,4-5,8H2,1-3H3. The molecule has 0 aromatic heterocycles. The Morgan fingerprint density at radius 3 is 2.89 bits per heavy atom. The minimum atomic E-state index is -0.756. The molecule has 0 amide bonds. The molecule has 1 aromatic rings. The van der Waals surface area contributed by atoms with Gasteiger partial charge in [-0.25, -0.2) is 0 Å². The molecule has 0 spiro atoms. The second kappa shape index (κ2) is 5.02. The van der Waals surface area contributed by atoms with E-state index in [-0.39, 0.29) is 5.78 Å². The van der Waals surface area contributed by atoms with Gasteiger partial charge in [-0.3, -0.25) is 4.79 Å². The number of carbonyl (C=O) groups excluding carboxylic acids is 1. The van der Waals surface area contributed by atoms with Crippen LogP contribution in [0.25, 0.3) is 0 Å². The molecule has 0 unspecified atom stereocenters. The average Bonchev–Trinajstić information content (AvgIpc) is 2.76. The molecule has 1 aliphatic heterocycles. The zero-order valence-corrected chi connectivity index (χ0v) is 12.5. The minimum absolute atomic E-state index is 0.0563. The summed E-state index contributed by atoms with van der Waals surface area (Å²) < 4.78 is 11.8. The number of carbonyl (C=O) groups is 1. The number of rotatable bonds is 4. The van der Waals surface area contributed by atoms with Crippen LogP contribution in [0, 0.1) is 0 Å². The van der Waals surface area contributed by atoms with Crippen LogP contribution < -0.4 is 4.74 Å². The summed E-state index contributed by atoms with van der Waals surface area (Å²) in [6.07, 6.45) is 1.24. The molecule has 0 radical (unpaired) electrons. The molecular weight excluding hydrogens is 296 g/mol. The van der Waals surface area contributed by atoms with Gasteiger partial charge in [0.15, 0.2) is 5.78 Å². The summed E-state index contributed by atoms with van der Waals surface area (Å²) in [6.45, 7) is 4.27. The fraction of sp³-hybridized carbons (Fsp3) is 0.500. The molecule has 1 aromatic carbocycles. The molecule has 0 N–H and O–H groups in total. The number of methoxy groups -OCH3 is 1.